The monoisotopic (exact) mass is 945 g/mol. The van der Waals surface area contributed by atoms with Gasteiger partial charge < -0.3 is 58.4 Å². The molecule has 0 aliphatic carbocycles. The lowest BCUT2D eigenvalue weighted by Gasteiger charge is -2.37. The van der Waals surface area contributed by atoms with Gasteiger partial charge in [0.15, 0.2) is 0 Å². The van der Waals surface area contributed by atoms with Crippen LogP contribution in [0.2, 0.25) is 0 Å². The van der Waals surface area contributed by atoms with E-state index in [1.54, 1.807) is 33.2 Å². The fraction of sp³-hybridized carbons (Fsp3) is 0.800. The minimum Gasteiger partial charge on any atom is -0.379 e. The Labute approximate surface area is 403 Å². The van der Waals surface area contributed by atoms with Gasteiger partial charge in [-0.1, -0.05) is 105 Å². The highest BCUT2D eigenvalue weighted by atomic mass is 16.6. The summed E-state index contributed by atoms with van der Waals surface area (Å²) >= 11 is 0. The van der Waals surface area contributed by atoms with Gasteiger partial charge in [-0.25, -0.2) is 5.90 Å². The fourth-order valence-electron chi connectivity index (χ4n) is 6.40. The molecule has 16 heteroatoms. The Hall–Kier alpha value is -2.74. The van der Waals surface area contributed by atoms with Crippen molar-refractivity contribution in [1.29, 1.82) is 0 Å². The van der Waals surface area contributed by atoms with Gasteiger partial charge >= 0.3 is 0 Å². The number of amides is 1. The summed E-state index contributed by atoms with van der Waals surface area (Å²) < 4.78 is 26.6. The molecule has 0 aliphatic heterocycles. The van der Waals surface area contributed by atoms with Gasteiger partial charge in [0.05, 0.1) is 76.9 Å². The predicted molar refractivity (Wildman–Crippen MR) is 270 cm³/mol. The molecule has 1 aromatic carbocycles. The largest absolute Gasteiger partial charge is 0.379 e. The summed E-state index contributed by atoms with van der Waals surface area (Å²) in [5, 5.41) is 6.06. The summed E-state index contributed by atoms with van der Waals surface area (Å²) in [6, 6.07) is 11.0. The summed E-state index contributed by atoms with van der Waals surface area (Å²) in [6.07, 6.45) is 8.35. The first-order chi connectivity index (χ1) is 31.6. The molecule has 1 aromatic rings. The molecule has 0 fully saturated rings. The van der Waals surface area contributed by atoms with Crippen LogP contribution in [0, 0.1) is 17.8 Å². The third kappa shape index (κ3) is 38.3. The standard InChI is InChI=1S/C14H30N2O5.C13H26N2O3.C10H21NO2.C10H15N.C3H8/c1-13(2)14(12-17)16(3)4-5-18-6-7-19-8-9-20-10-11-21-15;1-6-10(2)13(11(18-5)7-8-16)15(4)12(17)9-14-3;1-5-6-7-11(3)10(13-4)9(2)8-12;1-9(11-2)8-10-6-4-3-5-7-10;1-3-2/h12-14H,4-11,15H2,1-3H3;8,10-11,13-14H,6-7,9H2,1-5H3;8-10H,5-7H2,1-4H3;3-7,9,11H,8H2,1-2H3;3H2,1-2H3. The zero-order chi connectivity index (χ0) is 51.1. The summed E-state index contributed by atoms with van der Waals surface area (Å²) in [5.41, 5.74) is 1.40. The van der Waals surface area contributed by atoms with Crippen LogP contribution in [0.25, 0.3) is 0 Å². The van der Waals surface area contributed by atoms with Gasteiger partial charge in [-0.3, -0.25) is 14.6 Å². The Balaban J connectivity index is -0.000000390. The molecular weight excluding hydrogens is 845 g/mol. The number of ether oxygens (including phenoxy) is 5. The number of aldehydes is 3. The number of rotatable bonds is 34. The summed E-state index contributed by atoms with van der Waals surface area (Å²) in [4.78, 5) is 54.3. The number of hydrogen-bond donors (Lipinski definition) is 3. The topological polar surface area (TPSA) is 183 Å². The van der Waals surface area contributed by atoms with Gasteiger partial charge in [0.1, 0.15) is 25.1 Å². The van der Waals surface area contributed by atoms with E-state index < -0.39 is 0 Å². The van der Waals surface area contributed by atoms with Crippen LogP contribution in [0.15, 0.2) is 30.3 Å². The van der Waals surface area contributed by atoms with Crippen molar-refractivity contribution in [2.24, 2.45) is 23.7 Å². The van der Waals surface area contributed by atoms with Crippen LogP contribution in [0.5, 0.6) is 0 Å². The molecule has 0 aliphatic rings. The van der Waals surface area contributed by atoms with Crippen LogP contribution in [0.1, 0.15) is 100.0 Å². The van der Waals surface area contributed by atoms with Crippen molar-refractivity contribution in [1.82, 2.24) is 25.3 Å². The van der Waals surface area contributed by atoms with E-state index in [0.29, 0.717) is 71.2 Å². The van der Waals surface area contributed by atoms with Crippen molar-refractivity contribution in [2.75, 3.05) is 115 Å². The number of carbonyl (C=O) groups excluding carboxylic acids is 4. The molecule has 1 amide bonds. The Kier molecular flexibility index (Phi) is 53.1. The third-order valence-corrected chi connectivity index (χ3v) is 10.5. The van der Waals surface area contributed by atoms with Crippen LogP contribution in [-0.4, -0.2) is 185 Å². The molecule has 390 valence electrons. The Morgan fingerprint density at radius 1 is 0.758 bits per heavy atom. The maximum absolute atomic E-state index is 11.9. The normalized spacial score (nSPS) is 14.0. The van der Waals surface area contributed by atoms with E-state index in [-0.39, 0.29) is 42.2 Å². The summed E-state index contributed by atoms with van der Waals surface area (Å²) in [5.74, 6) is 5.38. The quantitative estimate of drug-likeness (QED) is 0.0339. The van der Waals surface area contributed by atoms with Crippen LogP contribution in [-0.2, 0) is 54.1 Å². The molecular formula is C50H100N6O10. The van der Waals surface area contributed by atoms with Gasteiger partial charge in [0.25, 0.3) is 0 Å². The van der Waals surface area contributed by atoms with E-state index >= 15 is 0 Å². The van der Waals surface area contributed by atoms with Crippen molar-refractivity contribution >= 4 is 24.8 Å². The molecule has 7 unspecified atom stereocenters. The first-order valence-corrected chi connectivity index (χ1v) is 24.0. The van der Waals surface area contributed by atoms with Gasteiger partial charge in [0, 0.05) is 46.8 Å². The number of nitrogens with two attached hydrogens (primary N) is 1. The van der Waals surface area contributed by atoms with Gasteiger partial charge in [-0.15, -0.1) is 0 Å². The smallest absolute Gasteiger partial charge is 0.236 e. The van der Waals surface area contributed by atoms with E-state index in [9.17, 15) is 19.2 Å². The average Bonchev–Trinajstić information content (AvgIpc) is 3.31. The highest BCUT2D eigenvalue weighted by molar-refractivity contribution is 5.78. The van der Waals surface area contributed by atoms with E-state index in [4.69, 9.17) is 29.6 Å². The van der Waals surface area contributed by atoms with Crippen molar-refractivity contribution < 1.29 is 47.7 Å². The molecule has 0 heterocycles. The molecule has 0 spiro atoms. The summed E-state index contributed by atoms with van der Waals surface area (Å²) in [6.45, 7) is 24.2. The van der Waals surface area contributed by atoms with Crippen molar-refractivity contribution in [3.8, 4) is 0 Å². The minimum absolute atomic E-state index is 0.00995. The van der Waals surface area contributed by atoms with Crippen LogP contribution < -0.4 is 16.5 Å². The number of benzene rings is 1. The maximum atomic E-state index is 11.9. The van der Waals surface area contributed by atoms with E-state index in [0.717, 1.165) is 57.6 Å². The zero-order valence-electron chi connectivity index (χ0n) is 44.6. The third-order valence-electron chi connectivity index (χ3n) is 10.5. The van der Waals surface area contributed by atoms with Crippen LogP contribution in [0.4, 0.5) is 0 Å². The molecule has 16 nitrogen and oxygen atoms in total. The summed E-state index contributed by atoms with van der Waals surface area (Å²) in [7, 11) is 12.7. The number of nitrogens with zero attached hydrogens (tertiary/aromatic N) is 3. The minimum atomic E-state index is -0.247. The maximum Gasteiger partial charge on any atom is 0.236 e. The lowest BCUT2D eigenvalue weighted by molar-refractivity contribution is -0.136. The van der Waals surface area contributed by atoms with E-state index in [1.165, 1.54) is 12.0 Å². The van der Waals surface area contributed by atoms with Crippen molar-refractivity contribution in [2.45, 2.75) is 131 Å². The fourth-order valence-corrected chi connectivity index (χ4v) is 6.40. The second-order valence-corrected chi connectivity index (χ2v) is 16.7. The lowest BCUT2D eigenvalue weighted by Crippen LogP contribution is -2.51. The molecule has 0 radical (unpaired) electrons. The van der Waals surface area contributed by atoms with Gasteiger partial charge in [-0.2, -0.15) is 0 Å². The highest BCUT2D eigenvalue weighted by Crippen LogP contribution is 2.21. The molecule has 0 saturated carbocycles. The number of nitrogens with one attached hydrogen (secondary N) is 2. The predicted octanol–water partition coefficient (Wildman–Crippen LogP) is 5.54. The Morgan fingerprint density at radius 2 is 1.30 bits per heavy atom. The Bertz CT molecular complexity index is 1210. The van der Waals surface area contributed by atoms with E-state index in [2.05, 4.69) is 86.2 Å². The first-order valence-electron chi connectivity index (χ1n) is 24.0. The van der Waals surface area contributed by atoms with Gasteiger partial charge in [-0.05, 0) is 65.4 Å². The number of methoxy groups -OCH3 is 2. The molecule has 0 aromatic heterocycles. The van der Waals surface area contributed by atoms with Gasteiger partial charge in [0.2, 0.25) is 5.91 Å². The lowest BCUT2D eigenvalue weighted by atomic mass is 9.91. The van der Waals surface area contributed by atoms with Crippen LogP contribution >= 0.6 is 0 Å². The number of unbranched alkanes of at least 4 members (excludes halogenated alkanes) is 1. The Morgan fingerprint density at radius 3 is 1.71 bits per heavy atom. The van der Waals surface area contributed by atoms with Crippen molar-refractivity contribution in [3.63, 3.8) is 0 Å². The van der Waals surface area contributed by atoms with Crippen molar-refractivity contribution in [3.05, 3.63) is 35.9 Å². The number of likely N-dealkylation sites (N-methyl/N-ethyl adjacent to an activating group) is 4. The molecule has 4 N–H and O–H groups in total. The molecule has 66 heavy (non-hydrogen) atoms. The average molecular weight is 945 g/mol. The second-order valence-electron chi connectivity index (χ2n) is 16.7. The van der Waals surface area contributed by atoms with Crippen LogP contribution in [0.3, 0.4) is 0 Å². The SMILES string of the molecule is CC(C)C(C=O)N(C)CCOCCOCCOCCON.CCC.CCC(C)C(C(CC=O)OC)N(C)C(=O)CNC.CCCCN(C)C(OC)C(C)C=O.CNC(C)Cc1ccccc1. The zero-order valence-corrected chi connectivity index (χ0v) is 44.6. The number of carbonyl (C=O) groups is 4. The molecule has 7 atom stereocenters. The molecule has 1 rings (SSSR count). The molecule has 0 bridgehead atoms. The van der Waals surface area contributed by atoms with E-state index in [1.807, 2.05) is 52.9 Å². The highest BCUT2D eigenvalue weighted by Gasteiger charge is 2.32. The molecule has 0 saturated heterocycles. The number of hydrogen-bond acceptors (Lipinski definition) is 15. The first kappa shape index (κ1) is 69.8. The second kappa shape index (κ2) is 50.1.